The fourth-order valence-electron chi connectivity index (χ4n) is 3.61. The summed E-state index contributed by atoms with van der Waals surface area (Å²) in [5, 5.41) is 18.4. The molecule has 4 rings (SSSR count). The van der Waals surface area contributed by atoms with Crippen LogP contribution in [0.1, 0.15) is 27.0 Å². The minimum absolute atomic E-state index is 0.105. The summed E-state index contributed by atoms with van der Waals surface area (Å²) in [5.41, 5.74) is 2.94. The number of hydrogen-bond donors (Lipinski definition) is 1. The summed E-state index contributed by atoms with van der Waals surface area (Å²) in [7, 11) is 0. The average Bonchev–Trinajstić information content (AvgIpc) is 3.19. The molecule has 0 radical (unpaired) electrons. The highest BCUT2D eigenvalue weighted by Crippen LogP contribution is 2.19. The fraction of sp³-hybridized carbons (Fsp3) is 0.217. The van der Waals surface area contributed by atoms with Crippen LogP contribution in [-0.4, -0.2) is 36.7 Å². The molecule has 168 valence electrons. The van der Waals surface area contributed by atoms with Gasteiger partial charge in [0.25, 0.3) is 17.2 Å². The number of benzene rings is 2. The van der Waals surface area contributed by atoms with Gasteiger partial charge in [0, 0.05) is 23.7 Å². The molecular weight excluding hydrogens is 424 g/mol. The minimum atomic E-state index is -0.514. The molecule has 4 aromatic rings. The Kier molecular flexibility index (Phi) is 5.99. The van der Waals surface area contributed by atoms with Gasteiger partial charge < -0.3 is 5.32 Å². The van der Waals surface area contributed by atoms with Gasteiger partial charge >= 0.3 is 0 Å². The van der Waals surface area contributed by atoms with Gasteiger partial charge in [0.1, 0.15) is 11.7 Å². The van der Waals surface area contributed by atoms with Gasteiger partial charge in [0.15, 0.2) is 5.65 Å². The lowest BCUT2D eigenvalue weighted by atomic mass is 10.1. The third kappa shape index (κ3) is 4.64. The molecule has 0 saturated carbocycles. The Balaban J connectivity index is 1.45. The molecule has 2 heterocycles. The van der Waals surface area contributed by atoms with Crippen molar-refractivity contribution in [3.63, 3.8) is 0 Å². The second-order valence-corrected chi connectivity index (χ2v) is 7.79. The van der Waals surface area contributed by atoms with E-state index in [1.54, 1.807) is 23.7 Å². The van der Waals surface area contributed by atoms with E-state index in [0.717, 1.165) is 11.1 Å². The van der Waals surface area contributed by atoms with E-state index in [0.29, 0.717) is 23.1 Å². The molecule has 10 heteroatoms. The lowest BCUT2D eigenvalue weighted by molar-refractivity contribution is -0.385. The number of nitrogens with one attached hydrogen (secondary N) is 1. The van der Waals surface area contributed by atoms with Crippen molar-refractivity contribution >= 4 is 22.6 Å². The van der Waals surface area contributed by atoms with E-state index in [-0.39, 0.29) is 29.9 Å². The van der Waals surface area contributed by atoms with Gasteiger partial charge in [-0.25, -0.2) is 9.67 Å². The third-order valence-electron chi connectivity index (χ3n) is 5.33. The monoisotopic (exact) mass is 446 g/mol. The lowest BCUT2D eigenvalue weighted by Crippen LogP contribution is -2.28. The number of hydrogen-bond acceptors (Lipinski definition) is 6. The zero-order valence-corrected chi connectivity index (χ0v) is 18.2. The number of aromatic nitrogens is 4. The van der Waals surface area contributed by atoms with E-state index in [1.165, 1.54) is 23.2 Å². The number of carbonyl (C=O) groups is 1. The van der Waals surface area contributed by atoms with Gasteiger partial charge in [0.05, 0.1) is 24.2 Å². The molecule has 0 spiro atoms. The molecule has 0 atom stereocenters. The summed E-state index contributed by atoms with van der Waals surface area (Å²) in [6.07, 6.45) is 2.97. The van der Waals surface area contributed by atoms with Crippen molar-refractivity contribution in [2.45, 2.75) is 26.9 Å². The molecule has 0 saturated heterocycles. The van der Waals surface area contributed by atoms with Gasteiger partial charge in [-0.15, -0.1) is 0 Å². The largest absolute Gasteiger partial charge is 0.350 e. The topological polar surface area (TPSA) is 125 Å². The maximum absolute atomic E-state index is 12.9. The van der Waals surface area contributed by atoms with Crippen molar-refractivity contribution in [1.29, 1.82) is 0 Å². The van der Waals surface area contributed by atoms with Crippen LogP contribution in [0.2, 0.25) is 0 Å². The van der Waals surface area contributed by atoms with Crippen LogP contribution in [-0.2, 0) is 13.1 Å². The van der Waals surface area contributed by atoms with Crippen LogP contribution in [0.25, 0.3) is 11.0 Å². The van der Waals surface area contributed by atoms with Crippen LogP contribution in [0.5, 0.6) is 0 Å². The van der Waals surface area contributed by atoms with Gasteiger partial charge in [0.2, 0.25) is 0 Å². The summed E-state index contributed by atoms with van der Waals surface area (Å²) in [6, 6.07) is 12.3. The van der Waals surface area contributed by atoms with Gasteiger partial charge in [-0.3, -0.25) is 24.3 Å². The van der Waals surface area contributed by atoms with Crippen molar-refractivity contribution in [3.8, 4) is 0 Å². The maximum Gasteiger partial charge on any atom is 0.273 e. The zero-order chi connectivity index (χ0) is 23.5. The molecular formula is C23H22N6O4. The van der Waals surface area contributed by atoms with E-state index < -0.39 is 10.8 Å². The van der Waals surface area contributed by atoms with Crippen LogP contribution in [0.15, 0.2) is 59.8 Å². The molecule has 0 unspecified atom stereocenters. The molecule has 1 amide bonds. The first-order valence-electron chi connectivity index (χ1n) is 10.3. The molecule has 0 fully saturated rings. The standard InChI is InChI=1S/C23H22N6O4/c1-15-4-3-5-17(10-15)13-27-14-25-21-19(23(27)31)12-26-28(21)9-8-24-22(30)18-7-6-16(2)20(11-18)29(32)33/h3-7,10-12,14H,8-9,13H2,1-2H3,(H,24,30). The third-order valence-corrected chi connectivity index (χ3v) is 5.33. The molecule has 2 aromatic carbocycles. The molecule has 1 N–H and O–H groups in total. The van der Waals surface area contributed by atoms with E-state index in [9.17, 15) is 19.7 Å². The second kappa shape index (κ2) is 9.03. The van der Waals surface area contributed by atoms with E-state index >= 15 is 0 Å². The highest BCUT2D eigenvalue weighted by Gasteiger charge is 2.15. The number of nitrogens with zero attached hydrogens (tertiary/aromatic N) is 5. The van der Waals surface area contributed by atoms with Crippen LogP contribution < -0.4 is 10.9 Å². The van der Waals surface area contributed by atoms with E-state index in [4.69, 9.17) is 0 Å². The summed E-state index contributed by atoms with van der Waals surface area (Å²) in [6.45, 7) is 4.53. The molecule has 0 bridgehead atoms. The first-order chi connectivity index (χ1) is 15.8. The van der Waals surface area contributed by atoms with Gasteiger partial charge in [-0.1, -0.05) is 35.9 Å². The van der Waals surface area contributed by atoms with Crippen molar-refractivity contribution in [2.24, 2.45) is 0 Å². The molecule has 10 nitrogen and oxygen atoms in total. The van der Waals surface area contributed by atoms with E-state index in [2.05, 4.69) is 15.4 Å². The second-order valence-electron chi connectivity index (χ2n) is 7.79. The molecule has 0 aliphatic carbocycles. The maximum atomic E-state index is 12.9. The van der Waals surface area contributed by atoms with Gasteiger partial charge in [-0.2, -0.15) is 5.10 Å². The highest BCUT2D eigenvalue weighted by molar-refractivity contribution is 5.95. The molecule has 2 aromatic heterocycles. The minimum Gasteiger partial charge on any atom is -0.350 e. The Morgan fingerprint density at radius 3 is 2.76 bits per heavy atom. The van der Waals surface area contributed by atoms with E-state index in [1.807, 2.05) is 31.2 Å². The number of carbonyl (C=O) groups excluding carboxylic acids is 1. The Hall–Kier alpha value is -4.34. The molecule has 33 heavy (non-hydrogen) atoms. The van der Waals surface area contributed by atoms with Crippen molar-refractivity contribution in [3.05, 3.63) is 97.7 Å². The number of nitro groups is 1. The van der Waals surface area contributed by atoms with Crippen molar-refractivity contribution in [1.82, 2.24) is 24.6 Å². The Morgan fingerprint density at radius 1 is 1.18 bits per heavy atom. The fourth-order valence-corrected chi connectivity index (χ4v) is 3.61. The van der Waals surface area contributed by atoms with Crippen LogP contribution in [0, 0.1) is 24.0 Å². The first-order valence-corrected chi connectivity index (χ1v) is 10.3. The average molecular weight is 446 g/mol. The number of amides is 1. The summed E-state index contributed by atoms with van der Waals surface area (Å²) >= 11 is 0. The lowest BCUT2D eigenvalue weighted by Gasteiger charge is -2.08. The first kappa shape index (κ1) is 21.9. The Labute approximate surface area is 188 Å². The smallest absolute Gasteiger partial charge is 0.273 e. The Bertz CT molecular complexity index is 1420. The quantitative estimate of drug-likeness (QED) is 0.344. The number of fused-ring (bicyclic) bond motifs is 1. The molecule has 0 aliphatic heterocycles. The van der Waals surface area contributed by atoms with Crippen molar-refractivity contribution in [2.75, 3.05) is 6.54 Å². The number of nitro benzene ring substituents is 1. The number of rotatable bonds is 7. The molecule has 0 aliphatic rings. The Morgan fingerprint density at radius 2 is 2.00 bits per heavy atom. The SMILES string of the molecule is Cc1cccc(Cn2cnc3c(cnn3CCNC(=O)c3ccc(C)c([N+](=O)[O-])c3)c2=O)c1. The summed E-state index contributed by atoms with van der Waals surface area (Å²) in [4.78, 5) is 40.2. The van der Waals surface area contributed by atoms with Crippen LogP contribution >= 0.6 is 0 Å². The van der Waals surface area contributed by atoms with Crippen molar-refractivity contribution < 1.29 is 9.72 Å². The zero-order valence-electron chi connectivity index (χ0n) is 18.2. The highest BCUT2D eigenvalue weighted by atomic mass is 16.6. The predicted molar refractivity (Wildman–Crippen MR) is 122 cm³/mol. The number of aryl methyl sites for hydroxylation is 2. The van der Waals surface area contributed by atoms with Gasteiger partial charge in [-0.05, 0) is 25.5 Å². The van der Waals surface area contributed by atoms with Crippen LogP contribution in [0.4, 0.5) is 5.69 Å². The summed E-state index contributed by atoms with van der Waals surface area (Å²) in [5.74, 6) is -0.428. The predicted octanol–water partition coefficient (Wildman–Crippen LogP) is 2.60. The summed E-state index contributed by atoms with van der Waals surface area (Å²) < 4.78 is 3.08. The normalized spacial score (nSPS) is 11.0. The van der Waals surface area contributed by atoms with Crippen LogP contribution in [0.3, 0.4) is 0 Å².